The summed E-state index contributed by atoms with van der Waals surface area (Å²) in [6.45, 7) is 2.91. The highest BCUT2D eigenvalue weighted by molar-refractivity contribution is 7.17. The Kier molecular flexibility index (Phi) is 4.27. The number of amides is 1. The molecule has 0 bridgehead atoms. The number of fused-ring (bicyclic) bond motifs is 1. The number of likely N-dealkylation sites (tertiary alicyclic amines) is 1. The summed E-state index contributed by atoms with van der Waals surface area (Å²) in [5.74, 6) is 0.255. The van der Waals surface area contributed by atoms with E-state index < -0.39 is 0 Å². The fraction of sp³-hybridized carbons (Fsp3) is 0.471. The molecule has 3 nitrogen and oxygen atoms in total. The van der Waals surface area contributed by atoms with Crippen molar-refractivity contribution < 1.29 is 4.79 Å². The quantitative estimate of drug-likeness (QED) is 0.940. The lowest BCUT2D eigenvalue weighted by molar-refractivity contribution is -0.133. The Morgan fingerprint density at radius 1 is 1.38 bits per heavy atom. The molecule has 1 saturated heterocycles. The van der Waals surface area contributed by atoms with Gasteiger partial charge in [-0.1, -0.05) is 25.1 Å². The molecule has 1 aromatic carbocycles. The monoisotopic (exact) mass is 302 g/mol. The van der Waals surface area contributed by atoms with Crippen LogP contribution in [0.5, 0.6) is 0 Å². The molecule has 0 aliphatic carbocycles. The highest BCUT2D eigenvalue weighted by atomic mass is 32.1. The minimum atomic E-state index is 0.0242. The van der Waals surface area contributed by atoms with E-state index in [-0.39, 0.29) is 18.0 Å². The van der Waals surface area contributed by atoms with E-state index in [1.807, 2.05) is 4.90 Å². The Morgan fingerprint density at radius 2 is 2.19 bits per heavy atom. The molecule has 3 rings (SSSR count). The van der Waals surface area contributed by atoms with Gasteiger partial charge in [-0.3, -0.25) is 4.79 Å². The van der Waals surface area contributed by atoms with E-state index in [9.17, 15) is 4.79 Å². The van der Waals surface area contributed by atoms with Crippen LogP contribution in [0.25, 0.3) is 10.1 Å². The predicted octanol–water partition coefficient (Wildman–Crippen LogP) is 3.69. The number of rotatable bonds is 3. The van der Waals surface area contributed by atoms with Gasteiger partial charge in [0, 0.05) is 23.7 Å². The number of hydrogen-bond donors (Lipinski definition) is 1. The number of thiophene rings is 1. The van der Waals surface area contributed by atoms with Crippen molar-refractivity contribution in [2.45, 2.75) is 44.7 Å². The molecule has 0 radical (unpaired) electrons. The zero-order valence-electron chi connectivity index (χ0n) is 12.4. The van der Waals surface area contributed by atoms with Crippen LogP contribution in [0.3, 0.4) is 0 Å². The molecule has 21 heavy (non-hydrogen) atoms. The van der Waals surface area contributed by atoms with Gasteiger partial charge in [0.1, 0.15) is 0 Å². The third kappa shape index (κ3) is 2.70. The SMILES string of the molecule is CCCN1C(=O)CCCC(N)C1c1csc2ccccc12. The Labute approximate surface area is 129 Å². The molecular formula is C17H22N2OS. The Bertz CT molecular complexity index is 637. The largest absolute Gasteiger partial charge is 0.334 e. The van der Waals surface area contributed by atoms with Crippen molar-refractivity contribution in [3.05, 3.63) is 35.2 Å². The smallest absolute Gasteiger partial charge is 0.223 e. The first-order chi connectivity index (χ1) is 10.2. The van der Waals surface area contributed by atoms with Gasteiger partial charge in [-0.15, -0.1) is 11.3 Å². The van der Waals surface area contributed by atoms with Crippen LogP contribution >= 0.6 is 11.3 Å². The van der Waals surface area contributed by atoms with Crippen LogP contribution in [0.15, 0.2) is 29.6 Å². The number of hydrogen-bond acceptors (Lipinski definition) is 3. The summed E-state index contributed by atoms with van der Waals surface area (Å²) in [7, 11) is 0. The van der Waals surface area contributed by atoms with E-state index >= 15 is 0 Å². The number of nitrogens with zero attached hydrogens (tertiary/aromatic N) is 1. The van der Waals surface area contributed by atoms with Gasteiger partial charge in [-0.25, -0.2) is 0 Å². The van der Waals surface area contributed by atoms with Gasteiger partial charge in [0.15, 0.2) is 0 Å². The molecule has 0 saturated carbocycles. The second-order valence-electron chi connectivity index (χ2n) is 5.78. The normalized spacial score (nSPS) is 23.5. The standard InChI is InChI=1S/C17H22N2OS/c1-2-10-19-16(20)9-5-7-14(18)17(19)13-11-21-15-8-4-3-6-12(13)15/h3-4,6,8,11,14,17H,2,5,7,9-10,18H2,1H3. The summed E-state index contributed by atoms with van der Waals surface area (Å²) in [4.78, 5) is 14.5. The molecule has 2 N–H and O–H groups in total. The van der Waals surface area contributed by atoms with Crippen molar-refractivity contribution in [3.8, 4) is 0 Å². The highest BCUT2D eigenvalue weighted by Crippen LogP contribution is 2.37. The van der Waals surface area contributed by atoms with Crippen molar-refractivity contribution in [2.75, 3.05) is 6.54 Å². The first kappa shape index (κ1) is 14.5. The van der Waals surface area contributed by atoms with Crippen LogP contribution in [0, 0.1) is 0 Å². The molecule has 1 aromatic heterocycles. The van der Waals surface area contributed by atoms with Gasteiger partial charge >= 0.3 is 0 Å². The summed E-state index contributed by atoms with van der Waals surface area (Å²) in [6, 6.07) is 8.46. The minimum Gasteiger partial charge on any atom is -0.334 e. The maximum atomic E-state index is 12.5. The van der Waals surface area contributed by atoms with E-state index in [1.165, 1.54) is 15.6 Å². The molecule has 1 amide bonds. The van der Waals surface area contributed by atoms with Crippen molar-refractivity contribution >= 4 is 27.3 Å². The zero-order valence-corrected chi connectivity index (χ0v) is 13.2. The first-order valence-electron chi connectivity index (χ1n) is 7.73. The average Bonchev–Trinajstić information content (AvgIpc) is 2.85. The molecule has 2 aromatic rings. The number of benzene rings is 1. The van der Waals surface area contributed by atoms with Crippen LogP contribution < -0.4 is 5.73 Å². The Morgan fingerprint density at radius 3 is 3.00 bits per heavy atom. The summed E-state index contributed by atoms with van der Waals surface area (Å²) >= 11 is 1.74. The summed E-state index contributed by atoms with van der Waals surface area (Å²) < 4.78 is 1.27. The fourth-order valence-electron chi connectivity index (χ4n) is 3.31. The Hall–Kier alpha value is -1.39. The number of carbonyl (C=O) groups is 1. The first-order valence-corrected chi connectivity index (χ1v) is 8.61. The van der Waals surface area contributed by atoms with Crippen molar-refractivity contribution in [1.82, 2.24) is 4.90 Å². The third-order valence-electron chi connectivity index (χ3n) is 4.28. The number of carbonyl (C=O) groups excluding carboxylic acids is 1. The summed E-state index contributed by atoms with van der Waals surface area (Å²) in [5, 5.41) is 3.44. The van der Waals surface area contributed by atoms with Crippen molar-refractivity contribution in [3.63, 3.8) is 0 Å². The lowest BCUT2D eigenvalue weighted by atomic mass is 9.95. The molecule has 2 heterocycles. The van der Waals surface area contributed by atoms with Crippen LogP contribution in [0.1, 0.15) is 44.2 Å². The summed E-state index contributed by atoms with van der Waals surface area (Å²) in [6.07, 6.45) is 3.42. The van der Waals surface area contributed by atoms with E-state index in [4.69, 9.17) is 5.73 Å². The molecule has 2 unspecified atom stereocenters. The minimum absolute atomic E-state index is 0.0242. The van der Waals surface area contributed by atoms with Gasteiger partial charge in [0.25, 0.3) is 0 Å². The Balaban J connectivity index is 2.08. The maximum absolute atomic E-state index is 12.5. The molecule has 1 fully saturated rings. The lowest BCUT2D eigenvalue weighted by Gasteiger charge is -2.33. The van der Waals surface area contributed by atoms with Gasteiger partial charge < -0.3 is 10.6 Å². The molecule has 4 heteroatoms. The molecular weight excluding hydrogens is 280 g/mol. The van der Waals surface area contributed by atoms with Gasteiger partial charge in [-0.2, -0.15) is 0 Å². The second-order valence-corrected chi connectivity index (χ2v) is 6.69. The van der Waals surface area contributed by atoms with E-state index in [1.54, 1.807) is 11.3 Å². The van der Waals surface area contributed by atoms with E-state index in [0.717, 1.165) is 25.8 Å². The van der Waals surface area contributed by atoms with Crippen molar-refractivity contribution in [1.29, 1.82) is 0 Å². The zero-order chi connectivity index (χ0) is 14.8. The molecule has 1 aliphatic heterocycles. The molecule has 2 atom stereocenters. The van der Waals surface area contributed by atoms with Crippen molar-refractivity contribution in [2.24, 2.45) is 5.73 Å². The van der Waals surface area contributed by atoms with Crippen LogP contribution in [-0.2, 0) is 4.79 Å². The highest BCUT2D eigenvalue weighted by Gasteiger charge is 2.33. The van der Waals surface area contributed by atoms with Gasteiger partial charge in [0.05, 0.1) is 6.04 Å². The van der Waals surface area contributed by atoms with E-state index in [2.05, 4.69) is 36.6 Å². The van der Waals surface area contributed by atoms with Crippen LogP contribution in [0.4, 0.5) is 0 Å². The third-order valence-corrected chi connectivity index (χ3v) is 5.27. The van der Waals surface area contributed by atoms with Crippen LogP contribution in [0.2, 0.25) is 0 Å². The topological polar surface area (TPSA) is 46.3 Å². The van der Waals surface area contributed by atoms with Gasteiger partial charge in [0.2, 0.25) is 5.91 Å². The predicted molar refractivity (Wildman–Crippen MR) is 88.4 cm³/mol. The van der Waals surface area contributed by atoms with Crippen LogP contribution in [-0.4, -0.2) is 23.4 Å². The summed E-state index contributed by atoms with van der Waals surface area (Å²) in [5.41, 5.74) is 7.68. The van der Waals surface area contributed by atoms with Gasteiger partial charge in [-0.05, 0) is 41.7 Å². The number of nitrogens with two attached hydrogens (primary N) is 1. The van der Waals surface area contributed by atoms with E-state index in [0.29, 0.717) is 6.42 Å². The lowest BCUT2D eigenvalue weighted by Crippen LogP contribution is -2.42. The second kappa shape index (κ2) is 6.16. The fourth-order valence-corrected chi connectivity index (χ4v) is 4.30. The average molecular weight is 302 g/mol. The molecule has 0 spiro atoms. The molecule has 112 valence electrons. The molecule has 1 aliphatic rings. The maximum Gasteiger partial charge on any atom is 0.223 e.